The van der Waals surface area contributed by atoms with Gasteiger partial charge in [-0.2, -0.15) is 0 Å². The van der Waals surface area contributed by atoms with E-state index < -0.39 is 34.3 Å². The third-order valence-electron chi connectivity index (χ3n) is 6.03. The molecule has 0 bridgehead atoms. The Balaban J connectivity index is 1.87. The summed E-state index contributed by atoms with van der Waals surface area (Å²) in [6, 6.07) is 11.1. The van der Waals surface area contributed by atoms with E-state index in [4.69, 9.17) is 15.2 Å². The number of ether oxygens (including phenoxy) is 2. The summed E-state index contributed by atoms with van der Waals surface area (Å²) in [5.74, 6) is -1.03. The lowest BCUT2D eigenvalue weighted by atomic mass is 9.85. The highest BCUT2D eigenvalue weighted by molar-refractivity contribution is 7.71. The van der Waals surface area contributed by atoms with Crippen LogP contribution in [0.2, 0.25) is 0 Å². The van der Waals surface area contributed by atoms with E-state index in [2.05, 4.69) is 0 Å². The number of rotatable bonds is 6. The fraction of sp³-hybridized carbons (Fsp3) is 0.375. The van der Waals surface area contributed by atoms with E-state index in [-0.39, 0.29) is 5.75 Å². The number of hydrogen-bond acceptors (Lipinski definition) is 7. The molecule has 0 amide bonds. The predicted octanol–water partition coefficient (Wildman–Crippen LogP) is 2.47. The molecule has 1 atom stereocenters. The Kier molecular flexibility index (Phi) is 6.67. The number of benzene rings is 2. The molecular weight excluding hydrogens is 447 g/mol. The molecule has 9 heteroatoms. The van der Waals surface area contributed by atoms with Gasteiger partial charge < -0.3 is 15.2 Å². The van der Waals surface area contributed by atoms with Crippen molar-refractivity contribution in [2.45, 2.75) is 31.4 Å². The summed E-state index contributed by atoms with van der Waals surface area (Å²) in [7, 11) is -2.65. The number of cyclic esters (lactones) is 1. The summed E-state index contributed by atoms with van der Waals surface area (Å²) in [5.41, 5.74) is 9.19. The molecule has 0 aromatic heterocycles. The molecule has 4 rings (SSSR count). The van der Waals surface area contributed by atoms with Gasteiger partial charge in [-0.05, 0) is 54.3 Å². The normalized spacial score (nSPS) is 19.7. The van der Waals surface area contributed by atoms with Crippen molar-refractivity contribution in [2.75, 3.05) is 26.3 Å². The minimum Gasteiger partial charge on any atom is -0.451 e. The van der Waals surface area contributed by atoms with E-state index in [1.165, 1.54) is 12.1 Å². The van der Waals surface area contributed by atoms with Crippen LogP contribution in [0.1, 0.15) is 42.3 Å². The first-order valence-electron chi connectivity index (χ1n) is 10.7. The lowest BCUT2D eigenvalue weighted by Crippen LogP contribution is -2.43. The van der Waals surface area contributed by atoms with Gasteiger partial charge in [0.05, 0.1) is 30.7 Å². The molecule has 1 unspecified atom stereocenters. The van der Waals surface area contributed by atoms with Gasteiger partial charge in [0.1, 0.15) is 22.1 Å². The number of nitrogens with two attached hydrogens (primary N) is 1. The highest BCUT2D eigenvalue weighted by Crippen LogP contribution is 2.44. The molecule has 2 aromatic carbocycles. The second kappa shape index (κ2) is 9.34. The van der Waals surface area contributed by atoms with Gasteiger partial charge >= 0.3 is 5.97 Å². The molecule has 2 heterocycles. The first-order chi connectivity index (χ1) is 15.7. The van der Waals surface area contributed by atoms with Crippen LogP contribution in [0.3, 0.4) is 0 Å². The Morgan fingerprint density at radius 2 is 1.73 bits per heavy atom. The standard InChI is InChI=1S/C24H27FN2O5S/c1-24(2)21(20(23(28)32-24)15-5-7-18(25)8-6-15)16-3-4-17(14-33(29)30)19(13-16)22(26)27-9-11-31-12-10-27/h3-8,13,22,33H,9-12,14,26H2,1-2H3. The second-order valence-electron chi connectivity index (χ2n) is 8.65. The van der Waals surface area contributed by atoms with Crippen molar-refractivity contribution in [1.29, 1.82) is 0 Å². The molecule has 176 valence electrons. The zero-order valence-corrected chi connectivity index (χ0v) is 19.4. The maximum absolute atomic E-state index is 13.5. The van der Waals surface area contributed by atoms with Gasteiger partial charge in [0.2, 0.25) is 0 Å². The molecule has 33 heavy (non-hydrogen) atoms. The molecule has 2 aliphatic rings. The molecule has 1 saturated heterocycles. The minimum atomic E-state index is -2.65. The number of morpholine rings is 1. The van der Waals surface area contributed by atoms with Gasteiger partial charge in [0.25, 0.3) is 0 Å². The Hall–Kier alpha value is -2.59. The van der Waals surface area contributed by atoms with Crippen LogP contribution < -0.4 is 5.73 Å². The third kappa shape index (κ3) is 4.86. The molecule has 7 nitrogen and oxygen atoms in total. The first-order valence-corrected chi connectivity index (χ1v) is 12.1. The summed E-state index contributed by atoms with van der Waals surface area (Å²) in [6.45, 7) is 5.94. The number of thiol groups is 1. The SMILES string of the molecule is CC1(C)OC(=O)C(c2ccc(F)cc2)=C1c1ccc(C[SH](=O)=O)c(C(N)N2CCOCC2)c1. The maximum atomic E-state index is 13.5. The Morgan fingerprint density at radius 1 is 1.09 bits per heavy atom. The second-order valence-corrected chi connectivity index (χ2v) is 9.64. The quantitative estimate of drug-likeness (QED) is 0.490. The van der Waals surface area contributed by atoms with Gasteiger partial charge in [-0.1, -0.05) is 24.3 Å². The molecule has 1 fully saturated rings. The Labute approximate surface area is 193 Å². The molecule has 0 spiro atoms. The van der Waals surface area contributed by atoms with E-state index in [1.807, 2.05) is 11.0 Å². The molecule has 0 saturated carbocycles. The van der Waals surface area contributed by atoms with Gasteiger partial charge in [-0.25, -0.2) is 17.6 Å². The number of nitrogens with zero attached hydrogens (tertiary/aromatic N) is 1. The van der Waals surface area contributed by atoms with Gasteiger partial charge in [0.15, 0.2) is 0 Å². The van der Waals surface area contributed by atoms with E-state index in [0.29, 0.717) is 59.7 Å². The fourth-order valence-electron chi connectivity index (χ4n) is 4.47. The highest BCUT2D eigenvalue weighted by Gasteiger charge is 2.42. The number of esters is 1. The van der Waals surface area contributed by atoms with Crippen LogP contribution in [-0.4, -0.2) is 51.2 Å². The summed E-state index contributed by atoms with van der Waals surface area (Å²) in [5, 5.41) is 0. The largest absolute Gasteiger partial charge is 0.451 e. The Morgan fingerprint density at radius 3 is 2.36 bits per heavy atom. The van der Waals surface area contributed by atoms with Crippen molar-refractivity contribution in [3.63, 3.8) is 0 Å². The van der Waals surface area contributed by atoms with Crippen LogP contribution in [0.15, 0.2) is 42.5 Å². The maximum Gasteiger partial charge on any atom is 0.340 e. The van der Waals surface area contributed by atoms with Crippen LogP contribution in [0, 0.1) is 5.82 Å². The summed E-state index contributed by atoms with van der Waals surface area (Å²) < 4.78 is 47.6. The topological polar surface area (TPSA) is 98.9 Å². The van der Waals surface area contributed by atoms with Gasteiger partial charge in [0, 0.05) is 18.7 Å². The van der Waals surface area contributed by atoms with Crippen LogP contribution in [0.25, 0.3) is 11.1 Å². The highest BCUT2D eigenvalue weighted by atomic mass is 32.2. The van der Waals surface area contributed by atoms with Crippen molar-refractivity contribution < 1.29 is 27.1 Å². The molecule has 0 aliphatic carbocycles. The Bertz CT molecular complexity index is 1160. The number of carbonyl (C=O) groups excluding carboxylic acids is 1. The molecule has 2 aromatic rings. The number of hydrogen-bond donors (Lipinski definition) is 2. The van der Waals surface area contributed by atoms with Crippen molar-refractivity contribution in [1.82, 2.24) is 4.90 Å². The van der Waals surface area contributed by atoms with Gasteiger partial charge in [-0.15, -0.1) is 0 Å². The third-order valence-corrected chi connectivity index (χ3v) is 6.63. The van der Waals surface area contributed by atoms with Crippen LogP contribution in [0.5, 0.6) is 0 Å². The molecule has 2 aliphatic heterocycles. The zero-order valence-electron chi connectivity index (χ0n) is 18.5. The van der Waals surface area contributed by atoms with Crippen molar-refractivity contribution >= 4 is 27.8 Å². The fourth-order valence-corrected chi connectivity index (χ4v) is 5.03. The molecule has 0 radical (unpaired) electrons. The van der Waals surface area contributed by atoms with Crippen molar-refractivity contribution in [2.24, 2.45) is 5.73 Å². The monoisotopic (exact) mass is 474 g/mol. The number of carbonyl (C=O) groups is 1. The summed E-state index contributed by atoms with van der Waals surface area (Å²) in [6.07, 6.45) is -0.533. The lowest BCUT2D eigenvalue weighted by Gasteiger charge is -2.33. The van der Waals surface area contributed by atoms with E-state index in [0.717, 1.165) is 0 Å². The van der Waals surface area contributed by atoms with Gasteiger partial charge in [-0.3, -0.25) is 4.90 Å². The van der Waals surface area contributed by atoms with Crippen molar-refractivity contribution in [3.05, 3.63) is 70.5 Å². The predicted molar refractivity (Wildman–Crippen MR) is 123 cm³/mol. The van der Waals surface area contributed by atoms with Crippen LogP contribution in [-0.2, 0) is 30.7 Å². The lowest BCUT2D eigenvalue weighted by molar-refractivity contribution is -0.141. The average molecular weight is 475 g/mol. The van der Waals surface area contributed by atoms with E-state index >= 15 is 0 Å². The van der Waals surface area contributed by atoms with Crippen LogP contribution in [0.4, 0.5) is 4.39 Å². The molecular formula is C24H27FN2O5S. The first kappa shape index (κ1) is 23.6. The van der Waals surface area contributed by atoms with Crippen LogP contribution >= 0.6 is 0 Å². The summed E-state index contributed by atoms with van der Waals surface area (Å²) >= 11 is 0. The van der Waals surface area contributed by atoms with E-state index in [9.17, 15) is 17.6 Å². The molecule has 2 N–H and O–H groups in total. The summed E-state index contributed by atoms with van der Waals surface area (Å²) in [4.78, 5) is 14.9. The average Bonchev–Trinajstić information content (AvgIpc) is 3.02. The van der Waals surface area contributed by atoms with E-state index in [1.54, 1.807) is 38.1 Å². The van der Waals surface area contributed by atoms with Crippen molar-refractivity contribution in [3.8, 4) is 0 Å². The zero-order chi connectivity index (χ0) is 23.8. The minimum absolute atomic E-state index is 0.133. The number of halogens is 1. The smallest absolute Gasteiger partial charge is 0.340 e.